The van der Waals surface area contributed by atoms with Crippen molar-refractivity contribution in [3.63, 3.8) is 0 Å². The highest BCUT2D eigenvalue weighted by Gasteiger charge is 2.63. The van der Waals surface area contributed by atoms with Crippen LogP contribution in [0.2, 0.25) is 0 Å². The molecule has 2 N–H and O–H groups in total. The molecule has 0 bridgehead atoms. The van der Waals surface area contributed by atoms with E-state index in [9.17, 15) is 0 Å². The fourth-order valence-corrected chi connectivity index (χ4v) is 2.98. The first kappa shape index (κ1) is 10.5. The maximum atomic E-state index is 6.41. The van der Waals surface area contributed by atoms with Crippen LogP contribution in [0.15, 0.2) is 60.7 Å². The molecular weight excluding hydrogens is 206 g/mol. The highest BCUT2D eigenvalue weighted by molar-refractivity contribution is 5.52. The topological polar surface area (TPSA) is 26.0 Å². The van der Waals surface area contributed by atoms with Crippen molar-refractivity contribution in [1.29, 1.82) is 0 Å². The normalized spacial score (nSPS) is 25.5. The van der Waals surface area contributed by atoms with Crippen molar-refractivity contribution >= 4 is 0 Å². The molecule has 17 heavy (non-hydrogen) atoms. The Morgan fingerprint density at radius 1 is 0.824 bits per heavy atom. The minimum absolute atomic E-state index is 0.00944. The van der Waals surface area contributed by atoms with Crippen molar-refractivity contribution in [2.75, 3.05) is 0 Å². The molecule has 3 rings (SSSR count). The molecule has 0 saturated heterocycles. The summed E-state index contributed by atoms with van der Waals surface area (Å²) >= 11 is 0. The van der Waals surface area contributed by atoms with E-state index >= 15 is 0 Å². The molecule has 86 valence electrons. The molecule has 0 heterocycles. The van der Waals surface area contributed by atoms with Crippen LogP contribution in [-0.4, -0.2) is 5.54 Å². The van der Waals surface area contributed by atoms with Gasteiger partial charge in [-0.15, -0.1) is 0 Å². The first-order valence-electron chi connectivity index (χ1n) is 6.07. The summed E-state index contributed by atoms with van der Waals surface area (Å²) in [5, 5.41) is 0. The summed E-state index contributed by atoms with van der Waals surface area (Å²) in [5.41, 5.74) is 8.95. The fraction of sp³-hybridized carbons (Fsp3) is 0.250. The summed E-state index contributed by atoms with van der Waals surface area (Å²) in [6, 6.07) is 21.2. The van der Waals surface area contributed by atoms with Crippen LogP contribution in [0, 0.1) is 0 Å². The van der Waals surface area contributed by atoms with Crippen LogP contribution in [-0.2, 0) is 5.41 Å². The van der Waals surface area contributed by atoms with E-state index in [1.807, 2.05) is 0 Å². The van der Waals surface area contributed by atoms with Gasteiger partial charge in [0.15, 0.2) is 0 Å². The summed E-state index contributed by atoms with van der Waals surface area (Å²) in [6.07, 6.45) is 1.02. The Labute approximate surface area is 102 Å². The molecule has 1 atom stereocenters. The molecule has 0 aromatic heterocycles. The van der Waals surface area contributed by atoms with Crippen molar-refractivity contribution in [2.45, 2.75) is 24.3 Å². The van der Waals surface area contributed by atoms with E-state index < -0.39 is 0 Å². The molecular formula is C16H17N. The van der Waals surface area contributed by atoms with Crippen LogP contribution in [0.4, 0.5) is 0 Å². The number of rotatable bonds is 2. The van der Waals surface area contributed by atoms with E-state index in [1.54, 1.807) is 0 Å². The van der Waals surface area contributed by atoms with E-state index in [2.05, 4.69) is 67.6 Å². The second-order valence-electron chi connectivity index (χ2n) is 5.23. The van der Waals surface area contributed by atoms with Gasteiger partial charge in [-0.2, -0.15) is 0 Å². The highest BCUT2D eigenvalue weighted by Crippen LogP contribution is 2.59. The van der Waals surface area contributed by atoms with Crippen LogP contribution >= 0.6 is 0 Å². The number of nitrogens with two attached hydrogens (primary N) is 1. The van der Waals surface area contributed by atoms with E-state index in [-0.39, 0.29) is 11.0 Å². The minimum Gasteiger partial charge on any atom is -0.324 e. The standard InChI is InChI=1S/C16H17N/c1-15(17)12-16(15,13-8-4-2-5-9-13)14-10-6-3-7-11-14/h2-11H,12,17H2,1H3. The minimum atomic E-state index is -0.129. The summed E-state index contributed by atoms with van der Waals surface area (Å²) in [7, 11) is 0. The lowest BCUT2D eigenvalue weighted by molar-refractivity contribution is 0.641. The van der Waals surface area contributed by atoms with E-state index in [4.69, 9.17) is 5.73 Å². The molecule has 1 saturated carbocycles. The number of hydrogen-bond acceptors (Lipinski definition) is 1. The Morgan fingerprint density at radius 2 is 1.18 bits per heavy atom. The van der Waals surface area contributed by atoms with Crippen molar-refractivity contribution < 1.29 is 0 Å². The molecule has 1 fully saturated rings. The molecule has 1 heteroatoms. The van der Waals surface area contributed by atoms with Gasteiger partial charge in [0.05, 0.1) is 0 Å². The molecule has 1 nitrogen and oxygen atoms in total. The Balaban J connectivity index is 2.15. The highest BCUT2D eigenvalue weighted by atomic mass is 14.9. The van der Waals surface area contributed by atoms with E-state index in [0.29, 0.717) is 0 Å². The lowest BCUT2D eigenvalue weighted by Gasteiger charge is -2.21. The Kier molecular flexibility index (Phi) is 2.14. The van der Waals surface area contributed by atoms with Crippen LogP contribution in [0.3, 0.4) is 0 Å². The molecule has 1 aliphatic carbocycles. The Morgan fingerprint density at radius 3 is 1.47 bits per heavy atom. The van der Waals surface area contributed by atoms with Crippen molar-refractivity contribution in [3.05, 3.63) is 71.8 Å². The molecule has 2 aromatic carbocycles. The zero-order chi connectivity index (χ0) is 11.9. The van der Waals surface area contributed by atoms with E-state index in [0.717, 1.165) is 6.42 Å². The summed E-state index contributed by atoms with van der Waals surface area (Å²) in [5.74, 6) is 0. The van der Waals surface area contributed by atoms with Crippen LogP contribution in [0.25, 0.3) is 0 Å². The second-order valence-corrected chi connectivity index (χ2v) is 5.23. The first-order valence-corrected chi connectivity index (χ1v) is 6.07. The van der Waals surface area contributed by atoms with Gasteiger partial charge >= 0.3 is 0 Å². The largest absolute Gasteiger partial charge is 0.324 e. The van der Waals surface area contributed by atoms with Gasteiger partial charge in [0.1, 0.15) is 0 Å². The second kappa shape index (κ2) is 3.44. The van der Waals surface area contributed by atoms with Crippen LogP contribution < -0.4 is 5.73 Å². The number of hydrogen-bond donors (Lipinski definition) is 1. The van der Waals surface area contributed by atoms with E-state index in [1.165, 1.54) is 11.1 Å². The molecule has 0 spiro atoms. The fourth-order valence-electron chi connectivity index (χ4n) is 2.98. The van der Waals surface area contributed by atoms with Gasteiger partial charge < -0.3 is 5.73 Å². The van der Waals surface area contributed by atoms with Gasteiger partial charge in [0.2, 0.25) is 0 Å². The molecule has 0 radical (unpaired) electrons. The van der Waals surface area contributed by atoms with Crippen LogP contribution in [0.1, 0.15) is 24.5 Å². The van der Waals surface area contributed by atoms with Gasteiger partial charge in [-0.3, -0.25) is 0 Å². The SMILES string of the molecule is CC1(N)CC1(c1ccccc1)c1ccccc1. The monoisotopic (exact) mass is 223 g/mol. The molecule has 1 aliphatic rings. The summed E-state index contributed by atoms with van der Waals surface area (Å²) < 4.78 is 0. The van der Waals surface area contributed by atoms with Gasteiger partial charge in [-0.05, 0) is 24.5 Å². The lowest BCUT2D eigenvalue weighted by atomic mass is 9.84. The van der Waals surface area contributed by atoms with Crippen molar-refractivity contribution in [1.82, 2.24) is 0 Å². The smallest absolute Gasteiger partial charge is 0.0397 e. The maximum absolute atomic E-state index is 6.41. The number of benzene rings is 2. The quantitative estimate of drug-likeness (QED) is 0.831. The predicted octanol–water partition coefficient (Wildman–Crippen LogP) is 3.09. The average Bonchev–Trinajstić information content (AvgIpc) is 2.96. The lowest BCUT2D eigenvalue weighted by Crippen LogP contribution is -2.30. The van der Waals surface area contributed by atoms with Gasteiger partial charge in [0, 0.05) is 11.0 Å². The summed E-state index contributed by atoms with van der Waals surface area (Å²) in [4.78, 5) is 0. The molecule has 2 aromatic rings. The molecule has 0 amide bonds. The third kappa shape index (κ3) is 1.43. The zero-order valence-electron chi connectivity index (χ0n) is 10.1. The Hall–Kier alpha value is -1.60. The van der Waals surface area contributed by atoms with Gasteiger partial charge in [0.25, 0.3) is 0 Å². The zero-order valence-corrected chi connectivity index (χ0v) is 10.1. The maximum Gasteiger partial charge on any atom is 0.0397 e. The van der Waals surface area contributed by atoms with Gasteiger partial charge in [-0.1, -0.05) is 60.7 Å². The third-order valence-corrected chi connectivity index (χ3v) is 4.02. The average molecular weight is 223 g/mol. The third-order valence-electron chi connectivity index (χ3n) is 4.02. The van der Waals surface area contributed by atoms with Crippen LogP contribution in [0.5, 0.6) is 0 Å². The Bertz CT molecular complexity index is 474. The van der Waals surface area contributed by atoms with Crippen molar-refractivity contribution in [3.8, 4) is 0 Å². The predicted molar refractivity (Wildman–Crippen MR) is 70.9 cm³/mol. The van der Waals surface area contributed by atoms with Gasteiger partial charge in [-0.25, -0.2) is 0 Å². The molecule has 0 aliphatic heterocycles. The summed E-state index contributed by atoms with van der Waals surface area (Å²) in [6.45, 7) is 2.15. The first-order chi connectivity index (χ1) is 8.17. The van der Waals surface area contributed by atoms with Crippen molar-refractivity contribution in [2.24, 2.45) is 5.73 Å². The molecule has 1 unspecified atom stereocenters.